The smallest absolute Gasteiger partial charge is 0.214 e. The monoisotopic (exact) mass is 383 g/mol. The van der Waals surface area contributed by atoms with E-state index >= 15 is 0 Å². The Morgan fingerprint density at radius 1 is 1.12 bits per heavy atom. The van der Waals surface area contributed by atoms with Crippen LogP contribution in [0.2, 0.25) is 0 Å². The Morgan fingerprint density at radius 3 is 2.31 bits per heavy atom. The van der Waals surface area contributed by atoms with Crippen LogP contribution in [0.4, 0.5) is 8.78 Å². The van der Waals surface area contributed by atoms with Gasteiger partial charge in [0.1, 0.15) is 11.5 Å². The molecule has 0 aliphatic heterocycles. The van der Waals surface area contributed by atoms with E-state index in [9.17, 15) is 17.2 Å². The summed E-state index contributed by atoms with van der Waals surface area (Å²) < 4.78 is 54.5. The molecule has 0 saturated heterocycles. The predicted octanol–water partition coefficient (Wildman–Crippen LogP) is 3.71. The molecular formula is C18H23F2N3O2S. The van der Waals surface area contributed by atoms with Crippen molar-refractivity contribution in [2.45, 2.75) is 56.7 Å². The summed E-state index contributed by atoms with van der Waals surface area (Å²) in [7, 11) is -3.30. The van der Waals surface area contributed by atoms with Crippen molar-refractivity contribution in [1.29, 1.82) is 0 Å². The van der Waals surface area contributed by atoms with Crippen LogP contribution < -0.4 is 4.72 Å². The molecule has 1 aliphatic rings. The Morgan fingerprint density at radius 2 is 1.73 bits per heavy atom. The number of rotatable bonds is 5. The minimum absolute atomic E-state index is 0.0310. The van der Waals surface area contributed by atoms with Crippen LogP contribution >= 0.6 is 0 Å². The highest BCUT2D eigenvalue weighted by Crippen LogP contribution is 2.36. The molecule has 1 aromatic heterocycles. The molecule has 1 aliphatic carbocycles. The van der Waals surface area contributed by atoms with E-state index in [1.165, 1.54) is 24.3 Å². The van der Waals surface area contributed by atoms with E-state index in [0.29, 0.717) is 36.9 Å². The first kappa shape index (κ1) is 19.0. The van der Waals surface area contributed by atoms with Crippen molar-refractivity contribution in [2.24, 2.45) is 0 Å². The van der Waals surface area contributed by atoms with E-state index in [1.807, 2.05) is 0 Å². The van der Waals surface area contributed by atoms with E-state index in [1.54, 1.807) is 13.8 Å². The van der Waals surface area contributed by atoms with Crippen molar-refractivity contribution in [2.75, 3.05) is 0 Å². The number of hydrogen-bond acceptors (Lipinski definition) is 3. The fraction of sp³-hybridized carbons (Fsp3) is 0.500. The number of H-pyrrole nitrogens is 1. The summed E-state index contributed by atoms with van der Waals surface area (Å²) in [5, 5.41) is 6.37. The molecule has 26 heavy (non-hydrogen) atoms. The van der Waals surface area contributed by atoms with Gasteiger partial charge in [0.2, 0.25) is 10.0 Å². The minimum Gasteiger partial charge on any atom is -0.279 e. The number of hydrogen-bond donors (Lipinski definition) is 2. The van der Waals surface area contributed by atoms with Crippen LogP contribution in [0.25, 0.3) is 11.3 Å². The first-order chi connectivity index (χ1) is 12.3. The predicted molar refractivity (Wildman–Crippen MR) is 96.1 cm³/mol. The zero-order valence-electron chi connectivity index (χ0n) is 14.8. The highest BCUT2D eigenvalue weighted by Gasteiger charge is 2.30. The zero-order chi connectivity index (χ0) is 18.9. The van der Waals surface area contributed by atoms with Crippen LogP contribution in [-0.4, -0.2) is 29.9 Å². The van der Waals surface area contributed by atoms with Crippen molar-refractivity contribution in [3.05, 3.63) is 41.6 Å². The maximum Gasteiger partial charge on any atom is 0.214 e. The largest absolute Gasteiger partial charge is 0.279 e. The van der Waals surface area contributed by atoms with Crippen LogP contribution in [0.3, 0.4) is 0 Å². The molecule has 0 spiro atoms. The molecule has 0 amide bonds. The number of benzene rings is 1. The van der Waals surface area contributed by atoms with Gasteiger partial charge in [-0.15, -0.1) is 0 Å². The third-order valence-electron chi connectivity index (χ3n) is 4.94. The molecule has 2 N–H and O–H groups in total. The molecule has 1 aromatic carbocycles. The Hall–Kier alpha value is -1.80. The lowest BCUT2D eigenvalue weighted by Crippen LogP contribution is -2.40. The third kappa shape index (κ3) is 3.96. The van der Waals surface area contributed by atoms with Gasteiger partial charge in [-0.2, -0.15) is 5.10 Å². The van der Waals surface area contributed by atoms with Gasteiger partial charge in [-0.1, -0.05) is 0 Å². The van der Waals surface area contributed by atoms with Crippen LogP contribution in [0, 0.1) is 11.6 Å². The highest BCUT2D eigenvalue weighted by molar-refractivity contribution is 7.90. The molecule has 5 nitrogen and oxygen atoms in total. The van der Waals surface area contributed by atoms with Gasteiger partial charge in [-0.25, -0.2) is 21.9 Å². The second-order valence-electron chi connectivity index (χ2n) is 7.07. The Balaban J connectivity index is 1.68. The van der Waals surface area contributed by atoms with Crippen LogP contribution in [-0.2, 0) is 10.0 Å². The molecule has 2 aromatic rings. The van der Waals surface area contributed by atoms with Gasteiger partial charge in [-0.05, 0) is 63.8 Å². The Kier molecular flexibility index (Phi) is 5.43. The summed E-state index contributed by atoms with van der Waals surface area (Å²) in [6.07, 6.45) is 2.66. The van der Waals surface area contributed by atoms with Gasteiger partial charge < -0.3 is 0 Å². The standard InChI is InChI=1S/C18H23F2N3O2S/c1-11(2)26(24,25)23-15-9-5-13(6-10-15)18-16(20)17(21-22-18)12-3-7-14(19)8-4-12/h3-4,7-8,11,13,15,23H,5-6,9-10H2,1-2H3,(H,21,22)/t13-,15-. The fourth-order valence-corrected chi connectivity index (χ4v) is 4.25. The second-order valence-corrected chi connectivity index (χ2v) is 9.34. The van der Waals surface area contributed by atoms with Crippen molar-refractivity contribution >= 4 is 10.0 Å². The maximum absolute atomic E-state index is 14.8. The van der Waals surface area contributed by atoms with Crippen molar-refractivity contribution < 1.29 is 17.2 Å². The van der Waals surface area contributed by atoms with Gasteiger partial charge >= 0.3 is 0 Å². The summed E-state index contributed by atoms with van der Waals surface area (Å²) in [4.78, 5) is 0. The molecule has 142 valence electrons. The highest BCUT2D eigenvalue weighted by atomic mass is 32.2. The summed E-state index contributed by atoms with van der Waals surface area (Å²) in [5.41, 5.74) is 1.14. The quantitative estimate of drug-likeness (QED) is 0.827. The molecule has 0 radical (unpaired) electrons. The van der Waals surface area contributed by atoms with Gasteiger partial charge in [0.15, 0.2) is 5.82 Å². The number of nitrogens with zero attached hydrogens (tertiary/aromatic N) is 1. The summed E-state index contributed by atoms with van der Waals surface area (Å²) in [6, 6.07) is 5.43. The SMILES string of the molecule is CC(C)S(=O)(=O)N[C@H]1CC[C@H](c2[nH]nc(-c3ccc(F)cc3)c2F)CC1. The normalized spacial score (nSPS) is 21.3. The molecule has 1 fully saturated rings. The van der Waals surface area contributed by atoms with Crippen molar-refractivity contribution in [3.8, 4) is 11.3 Å². The zero-order valence-corrected chi connectivity index (χ0v) is 15.6. The molecule has 1 heterocycles. The first-order valence-corrected chi connectivity index (χ1v) is 10.3. The molecule has 8 heteroatoms. The topological polar surface area (TPSA) is 74.8 Å². The lowest BCUT2D eigenvalue weighted by molar-refractivity contribution is 0.362. The van der Waals surface area contributed by atoms with E-state index < -0.39 is 21.1 Å². The van der Waals surface area contributed by atoms with Crippen molar-refractivity contribution in [3.63, 3.8) is 0 Å². The fourth-order valence-electron chi connectivity index (χ4n) is 3.28. The van der Waals surface area contributed by atoms with E-state index in [2.05, 4.69) is 14.9 Å². The Bertz CT molecular complexity index is 855. The molecule has 3 rings (SSSR count). The summed E-state index contributed by atoms with van der Waals surface area (Å²) in [6.45, 7) is 3.29. The number of aromatic nitrogens is 2. The molecule has 0 bridgehead atoms. The summed E-state index contributed by atoms with van der Waals surface area (Å²) in [5.74, 6) is -0.827. The van der Waals surface area contributed by atoms with E-state index in [4.69, 9.17) is 0 Å². The van der Waals surface area contributed by atoms with Gasteiger partial charge in [0, 0.05) is 17.5 Å². The maximum atomic E-state index is 14.8. The number of sulfonamides is 1. The molecule has 1 saturated carbocycles. The Labute approximate surface area is 152 Å². The first-order valence-electron chi connectivity index (χ1n) is 8.78. The minimum atomic E-state index is -3.30. The van der Waals surface area contributed by atoms with Crippen molar-refractivity contribution in [1.82, 2.24) is 14.9 Å². The molecular weight excluding hydrogens is 360 g/mol. The number of nitrogens with one attached hydrogen (secondary N) is 2. The average molecular weight is 383 g/mol. The molecule has 0 unspecified atom stereocenters. The van der Waals surface area contributed by atoms with Gasteiger partial charge in [0.05, 0.1) is 10.9 Å². The third-order valence-corrected chi connectivity index (χ3v) is 6.84. The second kappa shape index (κ2) is 7.44. The van der Waals surface area contributed by atoms with Gasteiger partial charge in [0.25, 0.3) is 0 Å². The van der Waals surface area contributed by atoms with Crippen LogP contribution in [0.15, 0.2) is 24.3 Å². The summed E-state index contributed by atoms with van der Waals surface area (Å²) >= 11 is 0. The van der Waals surface area contributed by atoms with E-state index in [-0.39, 0.29) is 23.5 Å². The lowest BCUT2D eigenvalue weighted by Gasteiger charge is -2.28. The van der Waals surface area contributed by atoms with Crippen LogP contribution in [0.1, 0.15) is 51.1 Å². The average Bonchev–Trinajstić information content (AvgIpc) is 2.97. The van der Waals surface area contributed by atoms with E-state index in [0.717, 1.165) is 0 Å². The molecule has 0 atom stereocenters. The van der Waals surface area contributed by atoms with Crippen LogP contribution in [0.5, 0.6) is 0 Å². The number of aromatic amines is 1. The lowest BCUT2D eigenvalue weighted by atomic mass is 9.84. The van der Waals surface area contributed by atoms with Gasteiger partial charge in [-0.3, -0.25) is 5.10 Å². The number of halogens is 2.